The van der Waals surface area contributed by atoms with Gasteiger partial charge in [0.05, 0.1) is 17.5 Å². The third kappa shape index (κ3) is 5.11. The zero-order valence-corrected chi connectivity index (χ0v) is 17.5. The molecule has 0 spiro atoms. The summed E-state index contributed by atoms with van der Waals surface area (Å²) in [6, 6.07) is 15.4. The van der Waals surface area contributed by atoms with Crippen LogP contribution in [0.1, 0.15) is 43.9 Å². The molecule has 1 amide bonds. The number of hydrogen-bond acceptors (Lipinski definition) is 5. The summed E-state index contributed by atoms with van der Waals surface area (Å²) in [5.74, 6) is 0.600. The maximum atomic E-state index is 12.3. The van der Waals surface area contributed by atoms with Gasteiger partial charge in [-0.15, -0.1) is 5.10 Å². The molecule has 1 heterocycles. The number of halogens is 1. The number of rotatable bonds is 7. The van der Waals surface area contributed by atoms with Gasteiger partial charge in [0.25, 0.3) is 0 Å². The number of hydrogen-bond donors (Lipinski definition) is 1. The van der Waals surface area contributed by atoms with Crippen LogP contribution in [0.15, 0.2) is 53.7 Å². The standard InChI is InChI=1S/C20H22ClN5OS/c1-13(2)15-6-10-18(11-7-15)26-20(23-24-25-26)28-12-19(27)22-14(3)16-4-8-17(21)9-5-16/h4-11,13-14H,12H2,1-3H3,(H,22,27)/t14-/m0/s1. The first-order valence-electron chi connectivity index (χ1n) is 9.00. The van der Waals surface area contributed by atoms with Crippen LogP contribution in [0.3, 0.4) is 0 Å². The number of thioether (sulfide) groups is 1. The Morgan fingerprint density at radius 2 is 1.71 bits per heavy atom. The number of aromatic nitrogens is 4. The van der Waals surface area contributed by atoms with Crippen LogP contribution in [-0.2, 0) is 4.79 Å². The SMILES string of the molecule is CC(C)c1ccc(-n2nnnc2SCC(=O)N[C@@H](C)c2ccc(Cl)cc2)cc1. The molecule has 2 aromatic carbocycles. The van der Waals surface area contributed by atoms with E-state index in [1.807, 2.05) is 43.3 Å². The number of tetrazole rings is 1. The molecule has 0 aliphatic heterocycles. The number of benzene rings is 2. The second-order valence-electron chi connectivity index (χ2n) is 6.75. The number of nitrogens with zero attached hydrogens (tertiary/aromatic N) is 4. The van der Waals surface area contributed by atoms with Gasteiger partial charge in [-0.25, -0.2) is 0 Å². The first-order chi connectivity index (χ1) is 13.4. The zero-order chi connectivity index (χ0) is 20.1. The molecular weight excluding hydrogens is 394 g/mol. The summed E-state index contributed by atoms with van der Waals surface area (Å²) in [5.41, 5.74) is 3.12. The normalized spacial score (nSPS) is 12.2. The minimum absolute atomic E-state index is 0.0860. The first kappa shape index (κ1) is 20.4. The van der Waals surface area contributed by atoms with E-state index in [2.05, 4.69) is 46.8 Å². The number of amides is 1. The Balaban J connectivity index is 1.60. The van der Waals surface area contributed by atoms with Crippen LogP contribution in [0.4, 0.5) is 0 Å². The van der Waals surface area contributed by atoms with Gasteiger partial charge in [0.2, 0.25) is 11.1 Å². The molecule has 146 valence electrons. The third-order valence-electron chi connectivity index (χ3n) is 4.33. The van der Waals surface area contributed by atoms with E-state index >= 15 is 0 Å². The quantitative estimate of drug-likeness (QED) is 0.578. The molecule has 28 heavy (non-hydrogen) atoms. The van der Waals surface area contributed by atoms with Crippen LogP contribution in [0.2, 0.25) is 5.02 Å². The van der Waals surface area contributed by atoms with Crippen molar-refractivity contribution in [2.24, 2.45) is 0 Å². The topological polar surface area (TPSA) is 72.7 Å². The molecule has 3 rings (SSSR count). The van der Waals surface area contributed by atoms with Gasteiger partial charge >= 0.3 is 0 Å². The Hall–Kier alpha value is -2.38. The number of carbonyl (C=O) groups is 1. The lowest BCUT2D eigenvalue weighted by molar-refractivity contribution is -0.119. The predicted octanol–water partition coefficient (Wildman–Crippen LogP) is 4.41. The largest absolute Gasteiger partial charge is 0.349 e. The number of nitrogens with one attached hydrogen (secondary N) is 1. The number of carbonyl (C=O) groups excluding carboxylic acids is 1. The highest BCUT2D eigenvalue weighted by Crippen LogP contribution is 2.21. The lowest BCUT2D eigenvalue weighted by Crippen LogP contribution is -2.28. The highest BCUT2D eigenvalue weighted by molar-refractivity contribution is 7.99. The predicted molar refractivity (Wildman–Crippen MR) is 112 cm³/mol. The van der Waals surface area contributed by atoms with E-state index in [9.17, 15) is 4.79 Å². The Morgan fingerprint density at radius 1 is 1.07 bits per heavy atom. The van der Waals surface area contributed by atoms with Crippen LogP contribution in [-0.4, -0.2) is 31.9 Å². The van der Waals surface area contributed by atoms with Crippen LogP contribution >= 0.6 is 23.4 Å². The molecule has 1 aromatic heterocycles. The van der Waals surface area contributed by atoms with Crippen molar-refractivity contribution >= 4 is 29.3 Å². The average Bonchev–Trinajstić information content (AvgIpc) is 3.15. The van der Waals surface area contributed by atoms with Crippen molar-refractivity contribution in [2.75, 3.05) is 5.75 Å². The lowest BCUT2D eigenvalue weighted by Gasteiger charge is -2.14. The van der Waals surface area contributed by atoms with Gasteiger partial charge in [-0.1, -0.05) is 61.5 Å². The van der Waals surface area contributed by atoms with Crippen molar-refractivity contribution in [3.8, 4) is 5.69 Å². The molecule has 0 aliphatic carbocycles. The molecule has 8 heteroatoms. The Labute approximate surface area is 173 Å². The van der Waals surface area contributed by atoms with Crippen molar-refractivity contribution in [3.63, 3.8) is 0 Å². The second kappa shape index (κ2) is 9.21. The van der Waals surface area contributed by atoms with Gasteiger partial charge in [-0.2, -0.15) is 4.68 Å². The highest BCUT2D eigenvalue weighted by atomic mass is 35.5. The van der Waals surface area contributed by atoms with Gasteiger partial charge < -0.3 is 5.32 Å². The van der Waals surface area contributed by atoms with Crippen molar-refractivity contribution < 1.29 is 4.79 Å². The maximum Gasteiger partial charge on any atom is 0.230 e. The summed E-state index contributed by atoms with van der Waals surface area (Å²) in [5, 5.41) is 16.1. The molecule has 6 nitrogen and oxygen atoms in total. The van der Waals surface area contributed by atoms with Crippen molar-refractivity contribution in [1.29, 1.82) is 0 Å². The molecule has 0 fully saturated rings. The molecule has 0 saturated carbocycles. The summed E-state index contributed by atoms with van der Waals surface area (Å²) in [6.07, 6.45) is 0. The van der Waals surface area contributed by atoms with Crippen molar-refractivity contribution in [3.05, 3.63) is 64.7 Å². The molecule has 0 aliphatic rings. The minimum Gasteiger partial charge on any atom is -0.349 e. The molecule has 0 bridgehead atoms. The molecule has 0 radical (unpaired) electrons. The Morgan fingerprint density at radius 3 is 2.36 bits per heavy atom. The fraction of sp³-hybridized carbons (Fsp3) is 0.300. The highest BCUT2D eigenvalue weighted by Gasteiger charge is 2.14. The van der Waals surface area contributed by atoms with E-state index in [0.717, 1.165) is 11.3 Å². The molecule has 0 saturated heterocycles. The van der Waals surface area contributed by atoms with Gasteiger partial charge in [-0.3, -0.25) is 4.79 Å². The van der Waals surface area contributed by atoms with E-state index in [4.69, 9.17) is 11.6 Å². The monoisotopic (exact) mass is 415 g/mol. The van der Waals surface area contributed by atoms with E-state index < -0.39 is 0 Å². The smallest absolute Gasteiger partial charge is 0.230 e. The minimum atomic E-state index is -0.107. The summed E-state index contributed by atoms with van der Waals surface area (Å²) in [7, 11) is 0. The Kier molecular flexibility index (Phi) is 6.70. The van der Waals surface area contributed by atoms with Crippen LogP contribution in [0.5, 0.6) is 0 Å². The summed E-state index contributed by atoms with van der Waals surface area (Å²) in [6.45, 7) is 6.24. The molecule has 0 unspecified atom stereocenters. The maximum absolute atomic E-state index is 12.3. The average molecular weight is 416 g/mol. The first-order valence-corrected chi connectivity index (χ1v) is 10.4. The van der Waals surface area contributed by atoms with Gasteiger partial charge in [0.15, 0.2) is 0 Å². The van der Waals surface area contributed by atoms with E-state index in [1.165, 1.54) is 17.3 Å². The van der Waals surface area contributed by atoms with Crippen LogP contribution in [0, 0.1) is 0 Å². The lowest BCUT2D eigenvalue weighted by atomic mass is 10.0. The molecule has 1 atom stereocenters. The van der Waals surface area contributed by atoms with Gasteiger partial charge in [-0.05, 0) is 58.7 Å². The van der Waals surface area contributed by atoms with E-state index in [0.29, 0.717) is 16.1 Å². The summed E-state index contributed by atoms with van der Waals surface area (Å²) >= 11 is 7.21. The van der Waals surface area contributed by atoms with Gasteiger partial charge in [0, 0.05) is 5.02 Å². The summed E-state index contributed by atoms with van der Waals surface area (Å²) in [4.78, 5) is 12.3. The fourth-order valence-electron chi connectivity index (χ4n) is 2.68. The van der Waals surface area contributed by atoms with Crippen molar-refractivity contribution in [2.45, 2.75) is 37.9 Å². The zero-order valence-electron chi connectivity index (χ0n) is 16.0. The van der Waals surface area contributed by atoms with E-state index in [-0.39, 0.29) is 17.7 Å². The third-order valence-corrected chi connectivity index (χ3v) is 5.50. The van der Waals surface area contributed by atoms with Crippen LogP contribution < -0.4 is 5.32 Å². The van der Waals surface area contributed by atoms with Gasteiger partial charge in [0.1, 0.15) is 0 Å². The second-order valence-corrected chi connectivity index (χ2v) is 8.13. The van der Waals surface area contributed by atoms with Crippen molar-refractivity contribution in [1.82, 2.24) is 25.5 Å². The Bertz CT molecular complexity index is 925. The van der Waals surface area contributed by atoms with Crippen LogP contribution in [0.25, 0.3) is 5.69 Å². The molecule has 3 aromatic rings. The fourth-order valence-corrected chi connectivity index (χ4v) is 3.51. The molecule has 1 N–H and O–H groups in total. The summed E-state index contributed by atoms with van der Waals surface area (Å²) < 4.78 is 1.64. The molecular formula is C20H22ClN5OS. The van der Waals surface area contributed by atoms with E-state index in [1.54, 1.807) is 4.68 Å².